The third-order valence-electron chi connectivity index (χ3n) is 4.39. The number of hydrogen-bond acceptors (Lipinski definition) is 4. The molecule has 2 rings (SSSR count). The Hall–Kier alpha value is -2.17. The zero-order valence-corrected chi connectivity index (χ0v) is 16.4. The summed E-state index contributed by atoms with van der Waals surface area (Å²) < 4.78 is 11.1. The van der Waals surface area contributed by atoms with Crippen molar-refractivity contribution in [2.24, 2.45) is 0 Å². The Morgan fingerprint density at radius 3 is 2.30 bits per heavy atom. The van der Waals surface area contributed by atoms with E-state index < -0.39 is 0 Å². The topological polar surface area (TPSA) is 47.6 Å². The van der Waals surface area contributed by atoms with Gasteiger partial charge in [0.25, 0.3) is 0 Å². The monoisotopic (exact) mass is 369 g/mol. The van der Waals surface area contributed by atoms with Gasteiger partial charge >= 0.3 is 5.97 Å². The molecule has 2 atom stereocenters. The molecule has 0 radical (unpaired) electrons. The zero-order chi connectivity index (χ0) is 19.3. The summed E-state index contributed by atoms with van der Waals surface area (Å²) in [4.78, 5) is 12.0. The molecule has 0 saturated carbocycles. The zero-order valence-electron chi connectivity index (χ0n) is 16.4. The number of hydrogen-bond donors (Lipinski definition) is 1. The van der Waals surface area contributed by atoms with E-state index in [2.05, 4.69) is 36.5 Å². The Kier molecular flexibility index (Phi) is 9.60. The molecule has 1 N–H and O–H groups in total. The van der Waals surface area contributed by atoms with Crippen LogP contribution in [0.15, 0.2) is 60.7 Å². The highest BCUT2D eigenvalue weighted by Crippen LogP contribution is 2.17. The highest BCUT2D eigenvalue weighted by atomic mass is 16.5. The minimum Gasteiger partial charge on any atom is -0.466 e. The van der Waals surface area contributed by atoms with E-state index >= 15 is 0 Å². The summed E-state index contributed by atoms with van der Waals surface area (Å²) in [5.74, 6) is -0.152. The van der Waals surface area contributed by atoms with E-state index in [4.69, 9.17) is 9.47 Å². The van der Waals surface area contributed by atoms with Crippen molar-refractivity contribution in [1.29, 1.82) is 0 Å². The number of nitrogens with one attached hydrogen (secondary N) is 1. The summed E-state index contributed by atoms with van der Waals surface area (Å²) in [5, 5.41) is 3.62. The normalized spacial score (nSPS) is 13.1. The lowest BCUT2D eigenvalue weighted by molar-refractivity contribution is -0.143. The maximum Gasteiger partial charge on any atom is 0.307 e. The second-order valence-corrected chi connectivity index (χ2v) is 6.63. The van der Waals surface area contributed by atoms with Crippen LogP contribution in [0.1, 0.15) is 50.3 Å². The predicted octanol–water partition coefficient (Wildman–Crippen LogP) is 4.66. The summed E-state index contributed by atoms with van der Waals surface area (Å²) in [7, 11) is 0. The van der Waals surface area contributed by atoms with Gasteiger partial charge in [-0.2, -0.15) is 0 Å². The van der Waals surface area contributed by atoms with Gasteiger partial charge in [-0.3, -0.25) is 4.79 Å². The SMILES string of the molecule is CCC[C@@H](CC(=O)OCC)N[C@@H](COCc1ccccc1)c1ccccc1. The van der Waals surface area contributed by atoms with Gasteiger partial charge in [-0.05, 0) is 24.5 Å². The molecule has 0 amide bonds. The molecule has 0 bridgehead atoms. The third-order valence-corrected chi connectivity index (χ3v) is 4.39. The number of esters is 1. The Balaban J connectivity index is 2.00. The van der Waals surface area contributed by atoms with E-state index in [0.717, 1.165) is 24.0 Å². The van der Waals surface area contributed by atoms with E-state index in [9.17, 15) is 4.79 Å². The first-order valence-electron chi connectivity index (χ1n) is 9.81. The quantitative estimate of drug-likeness (QED) is 0.553. The van der Waals surface area contributed by atoms with Crippen LogP contribution >= 0.6 is 0 Å². The summed E-state index contributed by atoms with van der Waals surface area (Å²) in [6.45, 7) is 5.50. The van der Waals surface area contributed by atoms with Crippen LogP contribution in [0.5, 0.6) is 0 Å². The van der Waals surface area contributed by atoms with Gasteiger partial charge in [0.1, 0.15) is 0 Å². The number of benzene rings is 2. The fourth-order valence-electron chi connectivity index (χ4n) is 3.09. The van der Waals surface area contributed by atoms with E-state index in [1.807, 2.05) is 43.3 Å². The lowest BCUT2D eigenvalue weighted by Gasteiger charge is -2.26. The standard InChI is InChI=1S/C23H31NO3/c1-3-11-21(16-23(25)27-4-2)24-22(20-14-9-6-10-15-20)18-26-17-19-12-7-5-8-13-19/h5-10,12-15,21-22,24H,3-4,11,16-18H2,1-2H3/t21-,22-/m0/s1. The Morgan fingerprint density at radius 2 is 1.67 bits per heavy atom. The van der Waals surface area contributed by atoms with Gasteiger partial charge in [0.15, 0.2) is 0 Å². The summed E-state index contributed by atoms with van der Waals surface area (Å²) in [5.41, 5.74) is 2.32. The van der Waals surface area contributed by atoms with Gasteiger partial charge in [0, 0.05) is 6.04 Å². The minimum atomic E-state index is -0.152. The Bertz CT molecular complexity index is 645. The van der Waals surface area contributed by atoms with Gasteiger partial charge in [0.05, 0.1) is 32.3 Å². The van der Waals surface area contributed by atoms with Gasteiger partial charge < -0.3 is 14.8 Å². The lowest BCUT2D eigenvalue weighted by atomic mass is 10.0. The van der Waals surface area contributed by atoms with Crippen LogP contribution in [0.25, 0.3) is 0 Å². The smallest absolute Gasteiger partial charge is 0.307 e. The van der Waals surface area contributed by atoms with E-state index in [-0.39, 0.29) is 18.1 Å². The molecule has 146 valence electrons. The fraction of sp³-hybridized carbons (Fsp3) is 0.435. The Morgan fingerprint density at radius 1 is 1.00 bits per heavy atom. The van der Waals surface area contributed by atoms with E-state index in [1.165, 1.54) is 0 Å². The van der Waals surface area contributed by atoms with Crippen molar-refractivity contribution >= 4 is 5.97 Å². The molecule has 0 aromatic heterocycles. The average Bonchev–Trinajstić information content (AvgIpc) is 2.69. The predicted molar refractivity (Wildman–Crippen MR) is 108 cm³/mol. The van der Waals surface area contributed by atoms with Crippen LogP contribution < -0.4 is 5.32 Å². The van der Waals surface area contributed by atoms with Crippen LogP contribution in [-0.2, 0) is 20.9 Å². The second-order valence-electron chi connectivity index (χ2n) is 6.63. The Labute approximate surface area is 162 Å². The first-order valence-corrected chi connectivity index (χ1v) is 9.81. The molecule has 0 spiro atoms. The van der Waals surface area contributed by atoms with Crippen LogP contribution in [0.4, 0.5) is 0 Å². The van der Waals surface area contributed by atoms with Gasteiger partial charge in [0.2, 0.25) is 0 Å². The summed E-state index contributed by atoms with van der Waals surface area (Å²) in [6, 6.07) is 20.5. The first kappa shape index (κ1) is 21.1. The minimum absolute atomic E-state index is 0.0286. The van der Waals surface area contributed by atoms with Crippen molar-refractivity contribution in [1.82, 2.24) is 5.32 Å². The molecule has 0 aliphatic carbocycles. The van der Waals surface area contributed by atoms with Crippen molar-refractivity contribution in [3.63, 3.8) is 0 Å². The van der Waals surface area contributed by atoms with Crippen molar-refractivity contribution in [3.05, 3.63) is 71.8 Å². The molecule has 0 fully saturated rings. The van der Waals surface area contributed by atoms with E-state index in [0.29, 0.717) is 26.2 Å². The highest BCUT2D eigenvalue weighted by molar-refractivity contribution is 5.70. The van der Waals surface area contributed by atoms with Gasteiger partial charge in [-0.15, -0.1) is 0 Å². The largest absolute Gasteiger partial charge is 0.466 e. The maximum absolute atomic E-state index is 12.0. The molecule has 2 aromatic rings. The molecule has 0 saturated heterocycles. The maximum atomic E-state index is 12.0. The van der Waals surface area contributed by atoms with Crippen LogP contribution in [0, 0.1) is 0 Å². The van der Waals surface area contributed by atoms with Crippen LogP contribution in [-0.4, -0.2) is 25.2 Å². The second kappa shape index (κ2) is 12.3. The molecule has 0 heterocycles. The number of carbonyl (C=O) groups is 1. The highest BCUT2D eigenvalue weighted by Gasteiger charge is 2.20. The van der Waals surface area contributed by atoms with Crippen LogP contribution in [0.2, 0.25) is 0 Å². The van der Waals surface area contributed by atoms with Crippen molar-refractivity contribution in [3.8, 4) is 0 Å². The number of rotatable bonds is 12. The average molecular weight is 370 g/mol. The summed E-state index contributed by atoms with van der Waals surface area (Å²) >= 11 is 0. The molecule has 27 heavy (non-hydrogen) atoms. The molecule has 0 aliphatic heterocycles. The molecule has 4 nitrogen and oxygen atoms in total. The van der Waals surface area contributed by atoms with E-state index in [1.54, 1.807) is 0 Å². The molecule has 2 aromatic carbocycles. The molecule has 4 heteroatoms. The third kappa shape index (κ3) is 7.94. The lowest BCUT2D eigenvalue weighted by Crippen LogP contribution is -2.37. The molecular formula is C23H31NO3. The molecule has 0 unspecified atom stereocenters. The number of carbonyl (C=O) groups excluding carboxylic acids is 1. The van der Waals surface area contributed by atoms with Crippen molar-refractivity contribution < 1.29 is 14.3 Å². The fourth-order valence-corrected chi connectivity index (χ4v) is 3.09. The first-order chi connectivity index (χ1) is 13.2. The van der Waals surface area contributed by atoms with Crippen molar-refractivity contribution in [2.45, 2.75) is 51.8 Å². The molecule has 0 aliphatic rings. The van der Waals surface area contributed by atoms with Crippen LogP contribution in [0.3, 0.4) is 0 Å². The van der Waals surface area contributed by atoms with Gasteiger partial charge in [-0.25, -0.2) is 0 Å². The number of ether oxygens (including phenoxy) is 2. The van der Waals surface area contributed by atoms with Crippen molar-refractivity contribution in [2.75, 3.05) is 13.2 Å². The van der Waals surface area contributed by atoms with Gasteiger partial charge in [-0.1, -0.05) is 74.0 Å². The summed E-state index contributed by atoms with van der Waals surface area (Å²) in [6.07, 6.45) is 2.30. The molecular weight excluding hydrogens is 338 g/mol.